The normalized spacial score (nSPS) is 13.8. The lowest BCUT2D eigenvalue weighted by Gasteiger charge is -2.32. The maximum atomic E-state index is 11.9. The summed E-state index contributed by atoms with van der Waals surface area (Å²) >= 11 is 0. The average Bonchev–Trinajstić information content (AvgIpc) is 3.14. The summed E-state index contributed by atoms with van der Waals surface area (Å²) in [7, 11) is 1.38. The Kier molecular flexibility index (Phi) is 4.35. The largest absolute Gasteiger partial charge is 0.465 e. The van der Waals surface area contributed by atoms with Crippen molar-refractivity contribution in [3.05, 3.63) is 65.2 Å². The molecular formula is C20H22N2O3. The minimum absolute atomic E-state index is 0.0548. The number of rotatable bonds is 4. The van der Waals surface area contributed by atoms with Crippen LogP contribution in [0.4, 0.5) is 0 Å². The molecule has 1 aromatic heterocycles. The molecule has 0 bridgehead atoms. The van der Waals surface area contributed by atoms with Crippen LogP contribution in [0.3, 0.4) is 0 Å². The van der Waals surface area contributed by atoms with Gasteiger partial charge >= 0.3 is 5.97 Å². The van der Waals surface area contributed by atoms with E-state index in [4.69, 9.17) is 4.74 Å². The van der Waals surface area contributed by atoms with Gasteiger partial charge in [-0.3, -0.25) is 0 Å². The Morgan fingerprint density at radius 3 is 2.60 bits per heavy atom. The van der Waals surface area contributed by atoms with Crippen molar-refractivity contribution in [2.45, 2.75) is 26.4 Å². The van der Waals surface area contributed by atoms with E-state index in [-0.39, 0.29) is 11.9 Å². The number of aromatic amines is 1. The number of aliphatic hydroxyl groups is 1. The quantitative estimate of drug-likeness (QED) is 0.713. The summed E-state index contributed by atoms with van der Waals surface area (Å²) in [6.45, 7) is 5.81. The van der Waals surface area contributed by atoms with E-state index in [0.717, 1.165) is 21.9 Å². The number of H-pyrrole nitrogens is 1. The molecule has 5 heteroatoms. The van der Waals surface area contributed by atoms with Crippen molar-refractivity contribution >= 4 is 16.7 Å². The average molecular weight is 338 g/mol. The molecule has 0 aliphatic heterocycles. The fraction of sp³-hybridized carbons (Fsp3) is 0.300. The highest BCUT2D eigenvalue weighted by molar-refractivity contribution is 5.97. The first-order chi connectivity index (χ1) is 11.9. The molecule has 2 aromatic carbocycles. The molecule has 0 fully saturated rings. The lowest BCUT2D eigenvalue weighted by Crippen LogP contribution is -2.33. The number of hydrogen-bond donors (Lipinski definition) is 2. The SMILES string of the molecule is COC(=O)c1cc2ccc(C(O)(c3cnc[nH]3)C(C)C)cc2cc1C. The third-order valence-electron chi connectivity index (χ3n) is 4.77. The van der Waals surface area contributed by atoms with Crippen LogP contribution in [0.2, 0.25) is 0 Å². The van der Waals surface area contributed by atoms with E-state index in [2.05, 4.69) is 9.97 Å². The summed E-state index contributed by atoms with van der Waals surface area (Å²) in [5, 5.41) is 13.3. The first kappa shape index (κ1) is 17.2. The van der Waals surface area contributed by atoms with Crippen LogP contribution >= 0.6 is 0 Å². The molecule has 0 spiro atoms. The Hall–Kier alpha value is -2.66. The van der Waals surface area contributed by atoms with Crippen LogP contribution in [0.1, 0.15) is 41.0 Å². The fourth-order valence-corrected chi connectivity index (χ4v) is 3.24. The second kappa shape index (κ2) is 6.33. The van der Waals surface area contributed by atoms with Gasteiger partial charge in [0.2, 0.25) is 0 Å². The highest BCUT2D eigenvalue weighted by Gasteiger charge is 2.36. The van der Waals surface area contributed by atoms with E-state index in [1.807, 2.05) is 51.1 Å². The van der Waals surface area contributed by atoms with Crippen LogP contribution in [-0.4, -0.2) is 28.2 Å². The number of carbonyl (C=O) groups is 1. The number of fused-ring (bicyclic) bond motifs is 1. The maximum absolute atomic E-state index is 11.9. The summed E-state index contributed by atoms with van der Waals surface area (Å²) in [6, 6.07) is 9.54. The number of benzene rings is 2. The van der Waals surface area contributed by atoms with Gasteiger partial charge in [0.15, 0.2) is 0 Å². The first-order valence-corrected chi connectivity index (χ1v) is 8.22. The van der Waals surface area contributed by atoms with Crippen molar-refractivity contribution in [2.24, 2.45) is 5.92 Å². The standard InChI is InChI=1S/C20H22N2O3/c1-12(2)20(24,18-10-21-11-22-18)16-6-5-14-9-17(19(23)25-4)13(3)7-15(14)8-16/h5-12,24H,1-4H3,(H,21,22). The van der Waals surface area contributed by atoms with Gasteiger partial charge in [-0.1, -0.05) is 32.0 Å². The molecule has 0 saturated heterocycles. The fourth-order valence-electron chi connectivity index (χ4n) is 3.24. The van der Waals surface area contributed by atoms with Crippen LogP contribution < -0.4 is 0 Å². The van der Waals surface area contributed by atoms with Crippen LogP contribution in [0.15, 0.2) is 42.9 Å². The number of aryl methyl sites for hydroxylation is 1. The van der Waals surface area contributed by atoms with E-state index in [0.29, 0.717) is 11.3 Å². The second-order valence-electron chi connectivity index (χ2n) is 6.61. The number of imidazole rings is 1. The van der Waals surface area contributed by atoms with Crippen LogP contribution in [0, 0.1) is 12.8 Å². The molecule has 25 heavy (non-hydrogen) atoms. The number of nitrogens with zero attached hydrogens (tertiary/aromatic N) is 1. The van der Waals surface area contributed by atoms with E-state index in [1.54, 1.807) is 12.5 Å². The number of methoxy groups -OCH3 is 1. The van der Waals surface area contributed by atoms with E-state index in [9.17, 15) is 9.90 Å². The smallest absolute Gasteiger partial charge is 0.338 e. The summed E-state index contributed by atoms with van der Waals surface area (Å²) in [5.41, 5.74) is 1.66. The number of aromatic nitrogens is 2. The number of esters is 1. The molecular weight excluding hydrogens is 316 g/mol. The Morgan fingerprint density at radius 2 is 2.00 bits per heavy atom. The number of hydrogen-bond acceptors (Lipinski definition) is 4. The molecule has 5 nitrogen and oxygen atoms in total. The van der Waals surface area contributed by atoms with Crippen molar-refractivity contribution in [1.82, 2.24) is 9.97 Å². The molecule has 130 valence electrons. The van der Waals surface area contributed by atoms with Gasteiger partial charge in [0.1, 0.15) is 5.60 Å². The van der Waals surface area contributed by atoms with Crippen LogP contribution in [-0.2, 0) is 10.3 Å². The molecule has 0 aliphatic carbocycles. The third-order valence-corrected chi connectivity index (χ3v) is 4.77. The topological polar surface area (TPSA) is 75.2 Å². The molecule has 1 unspecified atom stereocenters. The van der Waals surface area contributed by atoms with Crippen molar-refractivity contribution in [2.75, 3.05) is 7.11 Å². The zero-order chi connectivity index (χ0) is 18.2. The monoisotopic (exact) mass is 338 g/mol. The zero-order valence-corrected chi connectivity index (χ0v) is 14.8. The number of carbonyl (C=O) groups excluding carboxylic acids is 1. The number of nitrogens with one attached hydrogen (secondary N) is 1. The summed E-state index contributed by atoms with van der Waals surface area (Å²) < 4.78 is 4.83. The molecule has 0 saturated carbocycles. The van der Waals surface area contributed by atoms with Crippen LogP contribution in [0.5, 0.6) is 0 Å². The first-order valence-electron chi connectivity index (χ1n) is 8.22. The minimum Gasteiger partial charge on any atom is -0.465 e. The lowest BCUT2D eigenvalue weighted by molar-refractivity contribution is 0.0280. The molecule has 3 aromatic rings. The minimum atomic E-state index is -1.17. The second-order valence-corrected chi connectivity index (χ2v) is 6.61. The third kappa shape index (κ3) is 2.81. The molecule has 3 rings (SSSR count). The van der Waals surface area contributed by atoms with Crippen molar-refractivity contribution in [3.63, 3.8) is 0 Å². The van der Waals surface area contributed by atoms with Gasteiger partial charge in [0.25, 0.3) is 0 Å². The van der Waals surface area contributed by atoms with Gasteiger partial charge in [-0.25, -0.2) is 9.78 Å². The molecule has 1 heterocycles. The van der Waals surface area contributed by atoms with Gasteiger partial charge in [-0.05, 0) is 46.9 Å². The van der Waals surface area contributed by atoms with Gasteiger partial charge in [-0.2, -0.15) is 0 Å². The van der Waals surface area contributed by atoms with Crippen LogP contribution in [0.25, 0.3) is 10.8 Å². The molecule has 0 amide bonds. The molecule has 2 N–H and O–H groups in total. The predicted octanol–water partition coefficient (Wildman–Crippen LogP) is 3.55. The van der Waals surface area contributed by atoms with Gasteiger partial charge < -0.3 is 14.8 Å². The maximum Gasteiger partial charge on any atom is 0.338 e. The zero-order valence-electron chi connectivity index (χ0n) is 14.8. The van der Waals surface area contributed by atoms with Crippen molar-refractivity contribution < 1.29 is 14.6 Å². The van der Waals surface area contributed by atoms with Gasteiger partial charge in [0.05, 0.1) is 30.9 Å². The van der Waals surface area contributed by atoms with Gasteiger partial charge in [-0.15, -0.1) is 0 Å². The van der Waals surface area contributed by atoms with Gasteiger partial charge in [0, 0.05) is 0 Å². The Morgan fingerprint density at radius 1 is 1.24 bits per heavy atom. The predicted molar refractivity (Wildman–Crippen MR) is 96.4 cm³/mol. The number of ether oxygens (including phenoxy) is 1. The molecule has 0 radical (unpaired) electrons. The lowest BCUT2D eigenvalue weighted by atomic mass is 9.80. The molecule has 0 aliphatic rings. The Labute approximate surface area is 146 Å². The highest BCUT2D eigenvalue weighted by Crippen LogP contribution is 2.37. The van der Waals surface area contributed by atoms with Crippen molar-refractivity contribution in [1.29, 1.82) is 0 Å². The van der Waals surface area contributed by atoms with E-state index in [1.165, 1.54) is 7.11 Å². The highest BCUT2D eigenvalue weighted by atomic mass is 16.5. The Balaban J connectivity index is 2.17. The van der Waals surface area contributed by atoms with Crippen molar-refractivity contribution in [3.8, 4) is 0 Å². The van der Waals surface area contributed by atoms with E-state index >= 15 is 0 Å². The summed E-state index contributed by atoms with van der Waals surface area (Å²) in [4.78, 5) is 18.9. The molecule has 1 atom stereocenters. The summed E-state index contributed by atoms with van der Waals surface area (Å²) in [5.74, 6) is -0.402. The van der Waals surface area contributed by atoms with E-state index < -0.39 is 5.60 Å². The summed E-state index contributed by atoms with van der Waals surface area (Å²) in [6.07, 6.45) is 3.21. The Bertz CT molecular complexity index is 916.